The maximum absolute atomic E-state index is 5.66. The summed E-state index contributed by atoms with van der Waals surface area (Å²) in [5.74, 6) is 0.916. The molecule has 0 atom stereocenters. The fourth-order valence-electron chi connectivity index (χ4n) is 1.85. The van der Waals surface area contributed by atoms with Crippen LogP contribution in [0.15, 0.2) is 36.4 Å². The zero-order chi connectivity index (χ0) is 13.0. The summed E-state index contributed by atoms with van der Waals surface area (Å²) in [4.78, 5) is 2.17. The van der Waals surface area contributed by atoms with Crippen LogP contribution in [0, 0.1) is 0 Å². The number of anilines is 2. The van der Waals surface area contributed by atoms with Crippen molar-refractivity contribution in [3.8, 4) is 11.3 Å². The van der Waals surface area contributed by atoms with E-state index in [0.717, 1.165) is 35.9 Å². The lowest BCUT2D eigenvalue weighted by molar-refractivity contribution is 0.826. The van der Waals surface area contributed by atoms with Gasteiger partial charge in [-0.3, -0.25) is 0 Å². The first-order valence-corrected chi connectivity index (χ1v) is 6.19. The first kappa shape index (κ1) is 12.4. The van der Waals surface area contributed by atoms with Gasteiger partial charge >= 0.3 is 0 Å². The Labute approximate surface area is 107 Å². The molecular weight excluding hydrogens is 224 g/mol. The highest BCUT2D eigenvalue weighted by atomic mass is 15.3. The van der Waals surface area contributed by atoms with Gasteiger partial charge in [-0.25, -0.2) is 0 Å². The van der Waals surface area contributed by atoms with Crippen LogP contribution in [0.2, 0.25) is 0 Å². The molecule has 0 radical (unpaired) electrons. The third-order valence-electron chi connectivity index (χ3n) is 2.94. The third-order valence-corrected chi connectivity index (χ3v) is 2.94. The zero-order valence-corrected chi connectivity index (χ0v) is 10.8. The van der Waals surface area contributed by atoms with Gasteiger partial charge < -0.3 is 10.6 Å². The average molecular weight is 242 g/mol. The van der Waals surface area contributed by atoms with Gasteiger partial charge in [0.15, 0.2) is 5.82 Å². The van der Waals surface area contributed by atoms with Gasteiger partial charge in [-0.05, 0) is 38.1 Å². The fraction of sp³-hybridized carbons (Fsp3) is 0.286. The molecule has 0 aliphatic carbocycles. The SMILES string of the molecule is CCN(CC)c1ccc(-c2ccc(N)cc2)nn1. The van der Waals surface area contributed by atoms with Crippen LogP contribution in [-0.2, 0) is 0 Å². The van der Waals surface area contributed by atoms with E-state index < -0.39 is 0 Å². The van der Waals surface area contributed by atoms with Crippen molar-refractivity contribution in [2.75, 3.05) is 23.7 Å². The minimum atomic E-state index is 0.756. The summed E-state index contributed by atoms with van der Waals surface area (Å²) >= 11 is 0. The van der Waals surface area contributed by atoms with Gasteiger partial charge in [-0.2, -0.15) is 0 Å². The minimum Gasteiger partial charge on any atom is -0.399 e. The lowest BCUT2D eigenvalue weighted by Crippen LogP contribution is -2.23. The van der Waals surface area contributed by atoms with Crippen molar-refractivity contribution >= 4 is 11.5 Å². The molecule has 2 N–H and O–H groups in total. The van der Waals surface area contributed by atoms with Crippen LogP contribution in [0.25, 0.3) is 11.3 Å². The van der Waals surface area contributed by atoms with E-state index in [0.29, 0.717) is 0 Å². The lowest BCUT2D eigenvalue weighted by Gasteiger charge is -2.18. The minimum absolute atomic E-state index is 0.756. The van der Waals surface area contributed by atoms with Crippen molar-refractivity contribution in [2.24, 2.45) is 0 Å². The standard InChI is InChI=1S/C14H18N4/c1-3-18(4-2)14-10-9-13(16-17-14)11-5-7-12(15)8-6-11/h5-10H,3-4,15H2,1-2H3. The summed E-state index contributed by atoms with van der Waals surface area (Å²) in [5.41, 5.74) is 8.31. The molecule has 0 amide bonds. The van der Waals surface area contributed by atoms with Gasteiger partial charge in [0.05, 0.1) is 5.69 Å². The van der Waals surface area contributed by atoms with E-state index in [1.807, 2.05) is 36.4 Å². The molecule has 1 aromatic heterocycles. The normalized spacial score (nSPS) is 10.3. The Hall–Kier alpha value is -2.10. The monoisotopic (exact) mass is 242 g/mol. The number of benzene rings is 1. The van der Waals surface area contributed by atoms with Gasteiger partial charge in [0, 0.05) is 24.3 Å². The van der Waals surface area contributed by atoms with E-state index in [2.05, 4.69) is 28.9 Å². The molecule has 2 aromatic rings. The van der Waals surface area contributed by atoms with Gasteiger partial charge in [-0.1, -0.05) is 12.1 Å². The second-order valence-electron chi connectivity index (χ2n) is 4.07. The van der Waals surface area contributed by atoms with Crippen LogP contribution in [0.1, 0.15) is 13.8 Å². The van der Waals surface area contributed by atoms with E-state index in [4.69, 9.17) is 5.73 Å². The molecular formula is C14H18N4. The number of nitrogens with zero attached hydrogens (tertiary/aromatic N) is 3. The van der Waals surface area contributed by atoms with Gasteiger partial charge in [0.1, 0.15) is 0 Å². The van der Waals surface area contributed by atoms with Gasteiger partial charge in [0.2, 0.25) is 0 Å². The molecule has 2 rings (SSSR count). The van der Waals surface area contributed by atoms with Crippen LogP contribution in [-0.4, -0.2) is 23.3 Å². The van der Waals surface area contributed by atoms with Crippen molar-refractivity contribution in [1.29, 1.82) is 0 Å². The predicted molar refractivity (Wildman–Crippen MR) is 75.4 cm³/mol. The van der Waals surface area contributed by atoms with Crippen LogP contribution in [0.4, 0.5) is 11.5 Å². The number of aromatic nitrogens is 2. The lowest BCUT2D eigenvalue weighted by atomic mass is 10.1. The van der Waals surface area contributed by atoms with Crippen molar-refractivity contribution in [1.82, 2.24) is 10.2 Å². The van der Waals surface area contributed by atoms with Gasteiger partial charge in [-0.15, -0.1) is 10.2 Å². The van der Waals surface area contributed by atoms with E-state index in [1.54, 1.807) is 0 Å². The van der Waals surface area contributed by atoms with E-state index >= 15 is 0 Å². The molecule has 1 heterocycles. The third kappa shape index (κ3) is 2.59. The molecule has 0 bridgehead atoms. The summed E-state index contributed by atoms with van der Waals surface area (Å²) in [5, 5.41) is 8.53. The largest absolute Gasteiger partial charge is 0.399 e. The fourth-order valence-corrected chi connectivity index (χ4v) is 1.85. The molecule has 0 saturated carbocycles. The predicted octanol–water partition coefficient (Wildman–Crippen LogP) is 2.57. The van der Waals surface area contributed by atoms with E-state index in [9.17, 15) is 0 Å². The maximum atomic E-state index is 5.66. The molecule has 4 heteroatoms. The molecule has 0 fully saturated rings. The quantitative estimate of drug-likeness (QED) is 0.837. The molecule has 0 unspecified atom stereocenters. The first-order chi connectivity index (χ1) is 8.74. The topological polar surface area (TPSA) is 55.0 Å². The zero-order valence-electron chi connectivity index (χ0n) is 10.8. The summed E-state index contributed by atoms with van der Waals surface area (Å²) in [6.45, 7) is 6.09. The summed E-state index contributed by atoms with van der Waals surface area (Å²) < 4.78 is 0. The smallest absolute Gasteiger partial charge is 0.151 e. The van der Waals surface area contributed by atoms with Crippen LogP contribution < -0.4 is 10.6 Å². The highest BCUT2D eigenvalue weighted by molar-refractivity contribution is 5.62. The Balaban J connectivity index is 2.24. The highest BCUT2D eigenvalue weighted by Gasteiger charge is 2.05. The van der Waals surface area contributed by atoms with E-state index in [-0.39, 0.29) is 0 Å². The Morgan fingerprint density at radius 3 is 2.11 bits per heavy atom. The van der Waals surface area contributed by atoms with Crippen molar-refractivity contribution in [3.63, 3.8) is 0 Å². The molecule has 0 aliphatic rings. The second-order valence-corrected chi connectivity index (χ2v) is 4.07. The number of nitrogens with two attached hydrogens (primary N) is 1. The Morgan fingerprint density at radius 1 is 0.944 bits per heavy atom. The molecule has 0 aliphatic heterocycles. The number of rotatable bonds is 4. The first-order valence-electron chi connectivity index (χ1n) is 6.19. The molecule has 0 saturated heterocycles. The number of hydrogen-bond donors (Lipinski definition) is 1. The van der Waals surface area contributed by atoms with Crippen molar-refractivity contribution in [3.05, 3.63) is 36.4 Å². The summed E-state index contributed by atoms with van der Waals surface area (Å²) in [6, 6.07) is 11.6. The molecule has 0 spiro atoms. The maximum Gasteiger partial charge on any atom is 0.151 e. The molecule has 4 nitrogen and oxygen atoms in total. The van der Waals surface area contributed by atoms with Crippen LogP contribution in [0.3, 0.4) is 0 Å². The van der Waals surface area contributed by atoms with Crippen LogP contribution >= 0.6 is 0 Å². The number of hydrogen-bond acceptors (Lipinski definition) is 4. The summed E-state index contributed by atoms with van der Waals surface area (Å²) in [7, 11) is 0. The Kier molecular flexibility index (Phi) is 3.77. The molecule has 1 aromatic carbocycles. The van der Waals surface area contributed by atoms with E-state index in [1.165, 1.54) is 0 Å². The number of nitrogen functional groups attached to an aromatic ring is 1. The van der Waals surface area contributed by atoms with Crippen LogP contribution in [0.5, 0.6) is 0 Å². The van der Waals surface area contributed by atoms with Gasteiger partial charge in [0.25, 0.3) is 0 Å². The van der Waals surface area contributed by atoms with Crippen molar-refractivity contribution < 1.29 is 0 Å². The second kappa shape index (κ2) is 5.49. The highest BCUT2D eigenvalue weighted by Crippen LogP contribution is 2.19. The summed E-state index contributed by atoms with van der Waals surface area (Å²) in [6.07, 6.45) is 0. The Bertz CT molecular complexity index is 486. The average Bonchev–Trinajstić information content (AvgIpc) is 2.42. The Morgan fingerprint density at radius 2 is 1.61 bits per heavy atom. The molecule has 94 valence electrons. The van der Waals surface area contributed by atoms with Crippen molar-refractivity contribution in [2.45, 2.75) is 13.8 Å². The molecule has 18 heavy (non-hydrogen) atoms.